The molecule has 24 heavy (non-hydrogen) atoms. The molecule has 0 amide bonds. The zero-order valence-corrected chi connectivity index (χ0v) is 16.9. The van der Waals surface area contributed by atoms with Gasteiger partial charge in [0.2, 0.25) is 0 Å². The summed E-state index contributed by atoms with van der Waals surface area (Å²) in [5.74, 6) is 1.94. The molecule has 0 heterocycles. The van der Waals surface area contributed by atoms with E-state index in [4.69, 9.17) is 19.6 Å². The lowest BCUT2D eigenvalue weighted by molar-refractivity contribution is -0.279. The van der Waals surface area contributed by atoms with Crippen LogP contribution in [-0.2, 0) is 9.78 Å². The van der Waals surface area contributed by atoms with Crippen LogP contribution in [0.2, 0.25) is 0 Å². The summed E-state index contributed by atoms with van der Waals surface area (Å²) < 4.78 is 0. The van der Waals surface area contributed by atoms with Gasteiger partial charge in [-0.25, -0.2) is 0 Å². The van der Waals surface area contributed by atoms with Gasteiger partial charge in [-0.3, -0.25) is 0 Å². The maximum absolute atomic E-state index is 5.63. The van der Waals surface area contributed by atoms with Crippen molar-refractivity contribution < 1.29 is 19.6 Å². The summed E-state index contributed by atoms with van der Waals surface area (Å²) in [4.78, 5) is 22.3. The van der Waals surface area contributed by atoms with Crippen LogP contribution < -0.4 is 9.78 Å². The maximum atomic E-state index is 5.63. The quantitative estimate of drug-likeness (QED) is 0.460. The Balaban J connectivity index is 3.24. The van der Waals surface area contributed by atoms with E-state index in [-0.39, 0.29) is 0 Å². The Kier molecular flexibility index (Phi) is 6.71. The molecule has 0 aromatic heterocycles. The zero-order chi connectivity index (χ0) is 18.7. The second-order valence-electron chi connectivity index (χ2n) is 8.80. The summed E-state index contributed by atoms with van der Waals surface area (Å²) in [5.41, 5.74) is 1.39. The van der Waals surface area contributed by atoms with Gasteiger partial charge in [-0.05, 0) is 59.4 Å². The zero-order valence-electron chi connectivity index (χ0n) is 16.9. The predicted molar refractivity (Wildman–Crippen MR) is 97.6 cm³/mol. The number of rotatable bonds is 6. The van der Waals surface area contributed by atoms with Crippen molar-refractivity contribution in [2.45, 2.75) is 92.3 Å². The molecule has 1 rings (SSSR count). The van der Waals surface area contributed by atoms with E-state index in [0.717, 1.165) is 11.1 Å². The van der Waals surface area contributed by atoms with Crippen LogP contribution in [0.4, 0.5) is 0 Å². The van der Waals surface area contributed by atoms with E-state index in [0.29, 0.717) is 23.3 Å². The normalized spacial score (nSPS) is 12.8. The first-order chi connectivity index (χ1) is 10.8. The third kappa shape index (κ3) is 6.70. The third-order valence-corrected chi connectivity index (χ3v) is 3.15. The van der Waals surface area contributed by atoms with Gasteiger partial charge in [-0.2, -0.15) is 9.78 Å². The van der Waals surface area contributed by atoms with Crippen LogP contribution in [0, 0.1) is 0 Å². The summed E-state index contributed by atoms with van der Waals surface area (Å²) in [6, 6.07) is 3.99. The minimum Gasteiger partial charge on any atom is -0.337 e. The smallest absolute Gasteiger partial charge is 0.172 e. The molecule has 0 spiro atoms. The summed E-state index contributed by atoms with van der Waals surface area (Å²) >= 11 is 0. The van der Waals surface area contributed by atoms with Crippen molar-refractivity contribution >= 4 is 0 Å². The van der Waals surface area contributed by atoms with E-state index in [2.05, 4.69) is 33.8 Å². The highest BCUT2D eigenvalue weighted by atomic mass is 17.2. The molecule has 0 unspecified atom stereocenters. The monoisotopic (exact) mass is 338 g/mol. The number of hydrogen-bond donors (Lipinski definition) is 0. The van der Waals surface area contributed by atoms with E-state index < -0.39 is 11.2 Å². The summed E-state index contributed by atoms with van der Waals surface area (Å²) in [6.45, 7) is 20.2. The van der Waals surface area contributed by atoms with Gasteiger partial charge in [0.1, 0.15) is 11.2 Å². The molecule has 0 N–H and O–H groups in total. The molecular formula is C20H34O4. The molecule has 0 bridgehead atoms. The lowest BCUT2D eigenvalue weighted by Crippen LogP contribution is -2.23. The minimum absolute atomic E-state index is 0.304. The van der Waals surface area contributed by atoms with Crippen molar-refractivity contribution in [2.24, 2.45) is 0 Å². The van der Waals surface area contributed by atoms with Gasteiger partial charge in [0.25, 0.3) is 0 Å². The SMILES string of the molecule is CC(C)c1cc(C(C)C)c(OOC(C)(C)C)cc1OOC(C)(C)C. The van der Waals surface area contributed by atoms with Gasteiger partial charge in [0.05, 0.1) is 0 Å². The first kappa shape index (κ1) is 20.8. The lowest BCUT2D eigenvalue weighted by Gasteiger charge is -2.24. The molecule has 0 aliphatic rings. The molecule has 4 nitrogen and oxygen atoms in total. The fraction of sp³-hybridized carbons (Fsp3) is 0.700. The summed E-state index contributed by atoms with van der Waals surface area (Å²) in [6.07, 6.45) is 0. The summed E-state index contributed by atoms with van der Waals surface area (Å²) in [7, 11) is 0. The molecular weight excluding hydrogens is 304 g/mol. The second kappa shape index (κ2) is 7.75. The van der Waals surface area contributed by atoms with Gasteiger partial charge >= 0.3 is 0 Å². The van der Waals surface area contributed by atoms with Crippen LogP contribution >= 0.6 is 0 Å². The highest BCUT2D eigenvalue weighted by Gasteiger charge is 2.22. The number of benzene rings is 1. The molecule has 0 radical (unpaired) electrons. The second-order valence-corrected chi connectivity index (χ2v) is 8.80. The molecule has 4 heteroatoms. The van der Waals surface area contributed by atoms with E-state index in [1.807, 2.05) is 47.6 Å². The first-order valence-electron chi connectivity index (χ1n) is 8.69. The largest absolute Gasteiger partial charge is 0.337 e. The highest BCUT2D eigenvalue weighted by molar-refractivity contribution is 5.48. The maximum Gasteiger partial charge on any atom is 0.172 e. The molecule has 0 aliphatic heterocycles. The Bertz CT molecular complexity index is 489. The van der Waals surface area contributed by atoms with Gasteiger partial charge in [-0.15, -0.1) is 0 Å². The average molecular weight is 338 g/mol. The van der Waals surface area contributed by atoms with Crippen LogP contribution in [0.5, 0.6) is 11.5 Å². The first-order valence-corrected chi connectivity index (χ1v) is 8.69. The van der Waals surface area contributed by atoms with Crippen LogP contribution in [0.25, 0.3) is 0 Å². The molecule has 0 saturated carbocycles. The fourth-order valence-electron chi connectivity index (χ4n) is 1.98. The molecule has 1 aromatic carbocycles. The summed E-state index contributed by atoms with van der Waals surface area (Å²) in [5, 5.41) is 0. The Morgan fingerprint density at radius 1 is 0.625 bits per heavy atom. The molecule has 0 saturated heterocycles. The van der Waals surface area contributed by atoms with Crippen LogP contribution in [0.3, 0.4) is 0 Å². The number of hydrogen-bond acceptors (Lipinski definition) is 4. The van der Waals surface area contributed by atoms with E-state index in [1.54, 1.807) is 0 Å². The van der Waals surface area contributed by atoms with E-state index >= 15 is 0 Å². The van der Waals surface area contributed by atoms with Gasteiger partial charge in [-0.1, -0.05) is 27.7 Å². The Hall–Kier alpha value is -1.26. The average Bonchev–Trinajstić information content (AvgIpc) is 2.40. The van der Waals surface area contributed by atoms with Crippen molar-refractivity contribution in [1.82, 2.24) is 0 Å². The molecule has 0 fully saturated rings. The van der Waals surface area contributed by atoms with Crippen molar-refractivity contribution in [3.8, 4) is 11.5 Å². The van der Waals surface area contributed by atoms with Crippen molar-refractivity contribution in [1.29, 1.82) is 0 Å². The standard InChI is InChI=1S/C20H34O4/c1-13(2)15-11-16(14(3)4)18(22-24-20(8,9)10)12-17(15)21-23-19(5,6)7/h11-14H,1-10H3. The van der Waals surface area contributed by atoms with Crippen molar-refractivity contribution in [3.63, 3.8) is 0 Å². The van der Waals surface area contributed by atoms with Gasteiger partial charge in [0.15, 0.2) is 11.5 Å². The Morgan fingerprint density at radius 2 is 0.958 bits per heavy atom. The van der Waals surface area contributed by atoms with Crippen LogP contribution in [0.15, 0.2) is 12.1 Å². The van der Waals surface area contributed by atoms with E-state index in [9.17, 15) is 0 Å². The molecule has 138 valence electrons. The fourth-order valence-corrected chi connectivity index (χ4v) is 1.98. The van der Waals surface area contributed by atoms with Gasteiger partial charge < -0.3 is 9.78 Å². The Morgan fingerprint density at radius 3 is 1.21 bits per heavy atom. The molecule has 0 aliphatic carbocycles. The minimum atomic E-state index is -0.395. The van der Waals surface area contributed by atoms with Crippen molar-refractivity contribution in [2.75, 3.05) is 0 Å². The van der Waals surface area contributed by atoms with Crippen LogP contribution in [0.1, 0.15) is 92.2 Å². The topological polar surface area (TPSA) is 36.9 Å². The lowest BCUT2D eigenvalue weighted by atomic mass is 9.94. The van der Waals surface area contributed by atoms with Crippen molar-refractivity contribution in [3.05, 3.63) is 23.3 Å². The van der Waals surface area contributed by atoms with Crippen LogP contribution in [-0.4, -0.2) is 11.2 Å². The van der Waals surface area contributed by atoms with E-state index in [1.165, 1.54) is 0 Å². The highest BCUT2D eigenvalue weighted by Crippen LogP contribution is 2.38. The predicted octanol–water partition coefficient (Wildman–Crippen LogP) is 6.15. The third-order valence-electron chi connectivity index (χ3n) is 3.15. The molecule has 1 aromatic rings. The molecule has 0 atom stereocenters. The Labute approximate surface area is 147 Å². The van der Waals surface area contributed by atoms with Gasteiger partial charge in [0, 0.05) is 17.2 Å².